The zero-order chi connectivity index (χ0) is 16.2. The molecule has 6 heteroatoms. The molecule has 122 valence electrons. The zero-order valence-corrected chi connectivity index (χ0v) is 14.0. The predicted octanol–water partition coefficient (Wildman–Crippen LogP) is 3.37. The maximum Gasteiger partial charge on any atom is 0.152 e. The van der Waals surface area contributed by atoms with E-state index in [1.54, 1.807) is 7.11 Å². The van der Waals surface area contributed by atoms with Crippen molar-refractivity contribution in [2.24, 2.45) is 0 Å². The van der Waals surface area contributed by atoms with E-state index in [0.717, 1.165) is 53.6 Å². The van der Waals surface area contributed by atoms with Crippen molar-refractivity contribution in [2.45, 2.75) is 25.8 Å². The number of nitrogens with zero attached hydrogens (tertiary/aromatic N) is 3. The highest BCUT2D eigenvalue weighted by atomic mass is 35.5. The molecule has 0 atom stereocenters. The van der Waals surface area contributed by atoms with Gasteiger partial charge in [-0.25, -0.2) is 9.97 Å². The van der Waals surface area contributed by atoms with E-state index < -0.39 is 0 Å². The molecule has 0 aliphatic carbocycles. The van der Waals surface area contributed by atoms with Crippen molar-refractivity contribution < 1.29 is 4.74 Å². The molecule has 0 aliphatic heterocycles. The first-order chi connectivity index (χ1) is 11.3. The van der Waals surface area contributed by atoms with E-state index in [-0.39, 0.29) is 0 Å². The van der Waals surface area contributed by atoms with Crippen LogP contribution in [-0.4, -0.2) is 34.1 Å². The number of pyridine rings is 1. The molecule has 0 amide bonds. The Balaban J connectivity index is 2.19. The molecule has 3 rings (SSSR count). The molecule has 23 heavy (non-hydrogen) atoms. The normalized spacial score (nSPS) is 11.6. The maximum atomic E-state index is 6.15. The van der Waals surface area contributed by atoms with Gasteiger partial charge in [0.05, 0.1) is 17.6 Å². The van der Waals surface area contributed by atoms with E-state index in [0.29, 0.717) is 18.3 Å². The molecule has 2 N–H and O–H groups in total. The lowest BCUT2D eigenvalue weighted by molar-refractivity contribution is 0.199. The van der Waals surface area contributed by atoms with Crippen LogP contribution in [0.25, 0.3) is 21.9 Å². The second-order valence-corrected chi connectivity index (χ2v) is 5.91. The van der Waals surface area contributed by atoms with Crippen LogP contribution in [0.15, 0.2) is 24.3 Å². The van der Waals surface area contributed by atoms with Gasteiger partial charge < -0.3 is 15.0 Å². The van der Waals surface area contributed by atoms with Crippen molar-refractivity contribution in [2.75, 3.05) is 25.3 Å². The fourth-order valence-electron chi connectivity index (χ4n) is 2.89. The van der Waals surface area contributed by atoms with Crippen molar-refractivity contribution in [1.29, 1.82) is 0 Å². The van der Waals surface area contributed by atoms with Gasteiger partial charge in [-0.2, -0.15) is 0 Å². The minimum absolute atomic E-state index is 0.480. The standard InChI is InChI=1S/C17H21ClN4O/c1-23-11-8-14-21-15-16(22(14)10-5-4-9-18)12-6-2-3-7-13(12)20-17(15)19/h2-3,6-7H,4-5,8-11H2,1H3,(H2,19,20). The smallest absolute Gasteiger partial charge is 0.152 e. The number of ether oxygens (including phenoxy) is 1. The van der Waals surface area contributed by atoms with Crippen molar-refractivity contribution >= 4 is 39.4 Å². The molecule has 5 nitrogen and oxygen atoms in total. The number of methoxy groups -OCH3 is 1. The Morgan fingerprint density at radius 2 is 2.04 bits per heavy atom. The summed E-state index contributed by atoms with van der Waals surface area (Å²) in [5.74, 6) is 2.14. The molecule has 0 fully saturated rings. The van der Waals surface area contributed by atoms with Gasteiger partial charge in [-0.1, -0.05) is 18.2 Å². The van der Waals surface area contributed by atoms with Crippen LogP contribution in [0.5, 0.6) is 0 Å². The Labute approximate surface area is 140 Å². The van der Waals surface area contributed by atoms with Crippen molar-refractivity contribution in [1.82, 2.24) is 14.5 Å². The molecule has 0 saturated carbocycles. The van der Waals surface area contributed by atoms with Gasteiger partial charge in [0.25, 0.3) is 0 Å². The number of anilines is 1. The number of rotatable bonds is 7. The van der Waals surface area contributed by atoms with Gasteiger partial charge in [0.2, 0.25) is 0 Å². The number of aromatic nitrogens is 3. The maximum absolute atomic E-state index is 6.15. The molecule has 2 heterocycles. The number of para-hydroxylation sites is 1. The number of alkyl halides is 1. The molecular weight excluding hydrogens is 312 g/mol. The summed E-state index contributed by atoms with van der Waals surface area (Å²) in [5, 5.41) is 1.08. The zero-order valence-electron chi connectivity index (χ0n) is 13.3. The van der Waals surface area contributed by atoms with Crippen LogP contribution < -0.4 is 5.73 Å². The average molecular weight is 333 g/mol. The quantitative estimate of drug-likeness (QED) is 0.532. The Kier molecular flexibility index (Phi) is 4.98. The van der Waals surface area contributed by atoms with Gasteiger partial charge in [0.1, 0.15) is 11.3 Å². The summed E-state index contributed by atoms with van der Waals surface area (Å²) in [7, 11) is 1.70. The van der Waals surface area contributed by atoms with E-state index >= 15 is 0 Å². The molecule has 0 saturated heterocycles. The van der Waals surface area contributed by atoms with Gasteiger partial charge >= 0.3 is 0 Å². The number of halogens is 1. The van der Waals surface area contributed by atoms with Gasteiger partial charge in [0.15, 0.2) is 5.82 Å². The summed E-state index contributed by atoms with van der Waals surface area (Å²) in [5.41, 5.74) is 8.89. The number of fused-ring (bicyclic) bond motifs is 3. The molecule has 0 bridgehead atoms. The number of benzene rings is 1. The first-order valence-electron chi connectivity index (χ1n) is 7.84. The largest absolute Gasteiger partial charge is 0.384 e. The lowest BCUT2D eigenvalue weighted by Gasteiger charge is -2.10. The van der Waals surface area contributed by atoms with Gasteiger partial charge in [0, 0.05) is 31.3 Å². The lowest BCUT2D eigenvalue weighted by Crippen LogP contribution is -2.07. The highest BCUT2D eigenvalue weighted by molar-refractivity contribution is 6.17. The molecule has 0 aliphatic rings. The molecule has 0 spiro atoms. The third-order valence-electron chi connectivity index (χ3n) is 3.98. The first kappa shape index (κ1) is 16.0. The Morgan fingerprint density at radius 3 is 2.83 bits per heavy atom. The van der Waals surface area contributed by atoms with Crippen LogP contribution in [0, 0.1) is 0 Å². The summed E-state index contributed by atoms with van der Waals surface area (Å²) < 4.78 is 7.47. The number of aryl methyl sites for hydroxylation is 1. The van der Waals surface area contributed by atoms with E-state index in [1.807, 2.05) is 18.2 Å². The van der Waals surface area contributed by atoms with E-state index in [2.05, 4.69) is 15.6 Å². The van der Waals surface area contributed by atoms with Crippen molar-refractivity contribution in [3.05, 3.63) is 30.1 Å². The number of unbranched alkanes of at least 4 members (excludes halogenated alkanes) is 1. The SMILES string of the molecule is COCCc1nc2c(N)nc3ccccc3c2n1CCCCCl. The summed E-state index contributed by atoms with van der Waals surface area (Å²) in [6.07, 6.45) is 2.73. The average Bonchev–Trinajstić information content (AvgIpc) is 2.93. The Hall–Kier alpha value is -1.85. The first-order valence-corrected chi connectivity index (χ1v) is 8.38. The molecular formula is C17H21ClN4O. The van der Waals surface area contributed by atoms with E-state index in [1.165, 1.54) is 0 Å². The summed E-state index contributed by atoms with van der Waals surface area (Å²) >= 11 is 5.83. The number of hydrogen-bond donors (Lipinski definition) is 1. The summed E-state index contributed by atoms with van der Waals surface area (Å²) in [4.78, 5) is 9.23. The van der Waals surface area contributed by atoms with Crippen LogP contribution >= 0.6 is 11.6 Å². The Bertz CT molecular complexity index is 815. The predicted molar refractivity (Wildman–Crippen MR) is 95.0 cm³/mol. The Morgan fingerprint density at radius 1 is 1.22 bits per heavy atom. The third kappa shape index (κ3) is 3.12. The van der Waals surface area contributed by atoms with E-state index in [4.69, 9.17) is 27.1 Å². The topological polar surface area (TPSA) is 66.0 Å². The van der Waals surface area contributed by atoms with Gasteiger partial charge in [-0.05, 0) is 18.9 Å². The van der Waals surface area contributed by atoms with Crippen LogP contribution in [0.3, 0.4) is 0 Å². The summed E-state index contributed by atoms with van der Waals surface area (Å²) in [6, 6.07) is 8.05. The fourth-order valence-corrected chi connectivity index (χ4v) is 3.08. The molecule has 0 unspecified atom stereocenters. The third-order valence-corrected chi connectivity index (χ3v) is 4.25. The second-order valence-electron chi connectivity index (χ2n) is 5.53. The number of imidazole rings is 1. The highest BCUT2D eigenvalue weighted by Crippen LogP contribution is 2.29. The van der Waals surface area contributed by atoms with Crippen LogP contribution in [0.2, 0.25) is 0 Å². The minimum Gasteiger partial charge on any atom is -0.384 e. The van der Waals surface area contributed by atoms with Gasteiger partial charge in [-0.15, -0.1) is 11.6 Å². The van der Waals surface area contributed by atoms with E-state index in [9.17, 15) is 0 Å². The van der Waals surface area contributed by atoms with Crippen LogP contribution in [0.4, 0.5) is 5.82 Å². The van der Waals surface area contributed by atoms with Gasteiger partial charge in [-0.3, -0.25) is 0 Å². The molecule has 3 aromatic rings. The monoisotopic (exact) mass is 332 g/mol. The van der Waals surface area contributed by atoms with Crippen molar-refractivity contribution in [3.8, 4) is 0 Å². The highest BCUT2D eigenvalue weighted by Gasteiger charge is 2.16. The molecule has 2 aromatic heterocycles. The molecule has 1 aromatic carbocycles. The van der Waals surface area contributed by atoms with Crippen LogP contribution in [0.1, 0.15) is 18.7 Å². The summed E-state index contributed by atoms with van der Waals surface area (Å²) in [6.45, 7) is 1.50. The minimum atomic E-state index is 0.480. The lowest BCUT2D eigenvalue weighted by atomic mass is 10.2. The molecule has 0 radical (unpaired) electrons. The fraction of sp³-hybridized carbons (Fsp3) is 0.412. The number of nitrogens with two attached hydrogens (primary N) is 1. The van der Waals surface area contributed by atoms with Crippen LogP contribution in [-0.2, 0) is 17.7 Å². The number of nitrogen functional groups attached to an aromatic ring is 1. The number of hydrogen-bond acceptors (Lipinski definition) is 4. The second kappa shape index (κ2) is 7.15. The van der Waals surface area contributed by atoms with Crippen molar-refractivity contribution in [3.63, 3.8) is 0 Å².